The number of aromatic nitrogens is 9. The van der Waals surface area contributed by atoms with Crippen LogP contribution in [0.3, 0.4) is 0 Å². The lowest BCUT2D eigenvalue weighted by Crippen LogP contribution is -2.03. The van der Waals surface area contributed by atoms with Gasteiger partial charge in [0.15, 0.2) is 5.65 Å². The molecule has 0 saturated carbocycles. The maximum atomic E-state index is 4.80. The van der Waals surface area contributed by atoms with Gasteiger partial charge in [-0.05, 0) is 24.5 Å². The molecule has 9 nitrogen and oxygen atoms in total. The Morgan fingerprint density at radius 2 is 1.47 bits per heavy atom. The number of imidazole rings is 2. The lowest BCUT2D eigenvalue weighted by Gasteiger charge is -2.10. The van der Waals surface area contributed by atoms with Crippen LogP contribution in [0.2, 0.25) is 0 Å². The first-order valence-corrected chi connectivity index (χ1v) is 12.4. The zero-order valence-corrected chi connectivity index (χ0v) is 20.9. The first-order valence-electron chi connectivity index (χ1n) is 12.4. The van der Waals surface area contributed by atoms with Gasteiger partial charge in [-0.25, -0.2) is 19.9 Å². The molecule has 2 unspecified atom stereocenters. The van der Waals surface area contributed by atoms with E-state index in [1.165, 1.54) is 5.56 Å². The summed E-state index contributed by atoms with van der Waals surface area (Å²) in [5.41, 5.74) is 7.10. The van der Waals surface area contributed by atoms with Crippen molar-refractivity contribution in [2.75, 3.05) is 0 Å². The van der Waals surface area contributed by atoms with Gasteiger partial charge in [-0.15, -0.1) is 0 Å². The van der Waals surface area contributed by atoms with Gasteiger partial charge in [-0.2, -0.15) is 0 Å². The summed E-state index contributed by atoms with van der Waals surface area (Å²) in [6.45, 7) is 8.61. The van der Waals surface area contributed by atoms with Gasteiger partial charge < -0.3 is 8.80 Å². The molecule has 6 rings (SSSR count). The number of hydrogen-bond donors (Lipinski definition) is 0. The highest BCUT2D eigenvalue weighted by Crippen LogP contribution is 2.23. The highest BCUT2D eigenvalue weighted by molar-refractivity contribution is 5.44. The minimum absolute atomic E-state index is 0.233. The molecule has 6 aromatic rings. The summed E-state index contributed by atoms with van der Waals surface area (Å²) in [4.78, 5) is 27.5. The zero-order chi connectivity index (χ0) is 24.8. The lowest BCUT2D eigenvalue weighted by molar-refractivity contribution is 0.711. The second-order valence-corrected chi connectivity index (χ2v) is 10.0. The smallest absolute Gasteiger partial charge is 0.155 e. The van der Waals surface area contributed by atoms with E-state index in [1.807, 2.05) is 39.9 Å². The van der Waals surface area contributed by atoms with Crippen molar-refractivity contribution in [1.29, 1.82) is 0 Å². The molecule has 0 amide bonds. The molecule has 0 saturated heterocycles. The summed E-state index contributed by atoms with van der Waals surface area (Å²) in [6, 6.07) is 2.15. The minimum atomic E-state index is 0.233. The summed E-state index contributed by atoms with van der Waals surface area (Å²) >= 11 is 0. The van der Waals surface area contributed by atoms with Crippen LogP contribution < -0.4 is 0 Å². The van der Waals surface area contributed by atoms with Crippen LogP contribution in [0.25, 0.3) is 16.8 Å². The predicted octanol–water partition coefficient (Wildman–Crippen LogP) is 4.63. The molecular formula is C27H29N9. The quantitative estimate of drug-likeness (QED) is 0.332. The molecule has 6 aromatic heterocycles. The third-order valence-electron chi connectivity index (χ3n) is 6.74. The monoisotopic (exact) mass is 479 g/mol. The number of fused-ring (bicyclic) bond motifs is 3. The Balaban J connectivity index is 1.18. The first-order chi connectivity index (χ1) is 17.4. The number of hydrogen-bond acceptors (Lipinski definition) is 6. The molecule has 0 aliphatic rings. The molecule has 0 bridgehead atoms. The Kier molecular flexibility index (Phi) is 5.47. The fourth-order valence-electron chi connectivity index (χ4n) is 4.65. The molecule has 0 aromatic carbocycles. The largest absolute Gasteiger partial charge is 0.304 e. The summed E-state index contributed by atoms with van der Waals surface area (Å²) in [7, 11) is 0. The first kappa shape index (κ1) is 22.3. The van der Waals surface area contributed by atoms with Gasteiger partial charge in [0.05, 0.1) is 47.5 Å². The highest BCUT2D eigenvalue weighted by atomic mass is 15.1. The van der Waals surface area contributed by atoms with Crippen LogP contribution in [-0.4, -0.2) is 43.1 Å². The fourth-order valence-corrected chi connectivity index (χ4v) is 4.65. The van der Waals surface area contributed by atoms with E-state index in [4.69, 9.17) is 15.0 Å². The molecular weight excluding hydrogens is 450 g/mol. The second-order valence-electron chi connectivity index (χ2n) is 10.0. The van der Waals surface area contributed by atoms with Crippen molar-refractivity contribution < 1.29 is 0 Å². The van der Waals surface area contributed by atoms with E-state index < -0.39 is 0 Å². The Morgan fingerprint density at radius 1 is 0.694 bits per heavy atom. The maximum Gasteiger partial charge on any atom is 0.155 e. The molecule has 2 atom stereocenters. The number of nitrogens with zero attached hydrogens (tertiary/aromatic N) is 9. The van der Waals surface area contributed by atoms with Crippen molar-refractivity contribution in [3.8, 4) is 0 Å². The molecule has 9 heteroatoms. The van der Waals surface area contributed by atoms with E-state index in [0.29, 0.717) is 5.92 Å². The fraction of sp³-hybridized carbons (Fsp3) is 0.333. The van der Waals surface area contributed by atoms with E-state index >= 15 is 0 Å². The lowest BCUT2D eigenvalue weighted by atomic mass is 10.0. The highest BCUT2D eigenvalue weighted by Gasteiger charge is 2.15. The van der Waals surface area contributed by atoms with Gasteiger partial charge >= 0.3 is 0 Å². The summed E-state index contributed by atoms with van der Waals surface area (Å²) in [5, 5.41) is 0. The van der Waals surface area contributed by atoms with Crippen molar-refractivity contribution in [1.82, 2.24) is 43.1 Å². The van der Waals surface area contributed by atoms with Crippen molar-refractivity contribution in [2.24, 2.45) is 0 Å². The van der Waals surface area contributed by atoms with Crippen LogP contribution in [0.1, 0.15) is 73.9 Å². The van der Waals surface area contributed by atoms with Gasteiger partial charge in [0.1, 0.15) is 17.8 Å². The number of rotatable bonds is 7. The van der Waals surface area contributed by atoms with Crippen molar-refractivity contribution in [3.05, 3.63) is 90.6 Å². The van der Waals surface area contributed by atoms with Crippen molar-refractivity contribution in [2.45, 2.75) is 58.3 Å². The van der Waals surface area contributed by atoms with Crippen molar-refractivity contribution >= 4 is 16.8 Å². The molecule has 0 fully saturated rings. The predicted molar refractivity (Wildman–Crippen MR) is 137 cm³/mol. The van der Waals surface area contributed by atoms with E-state index in [2.05, 4.69) is 71.7 Å². The molecule has 0 aliphatic heterocycles. The zero-order valence-electron chi connectivity index (χ0n) is 20.9. The topological polar surface area (TPSA) is 90.6 Å². The molecule has 0 radical (unpaired) electrons. The van der Waals surface area contributed by atoms with E-state index in [1.54, 1.807) is 6.33 Å². The van der Waals surface area contributed by atoms with Gasteiger partial charge in [0.25, 0.3) is 0 Å². The average molecular weight is 480 g/mol. The van der Waals surface area contributed by atoms with Gasteiger partial charge in [0, 0.05) is 42.5 Å². The Bertz CT molecular complexity index is 1670. The molecule has 0 spiro atoms. The maximum absolute atomic E-state index is 4.80. The molecule has 0 N–H and O–H groups in total. The van der Waals surface area contributed by atoms with Crippen LogP contribution in [-0.2, 0) is 12.8 Å². The van der Waals surface area contributed by atoms with Gasteiger partial charge in [-0.3, -0.25) is 14.4 Å². The van der Waals surface area contributed by atoms with Crippen LogP contribution in [0.5, 0.6) is 0 Å². The Morgan fingerprint density at radius 3 is 2.31 bits per heavy atom. The SMILES string of the molecule is CC(C)c1ncn2cc(CC(C)c3cn4cc(CC(C)c5cn6cncc6cn5)nc4cn3)cc2n1. The Hall–Kier alpha value is -4.14. The van der Waals surface area contributed by atoms with Gasteiger partial charge in [-0.1, -0.05) is 27.7 Å². The standard InChI is InChI=1S/C27H29N9/c1-17(2)27-31-16-36-11-20(7-25(36)33-27)5-18(3)23-13-34-12-21(32-26(34)10-30-23)6-19(4)24-14-35-15-28-8-22(35)9-29-24/h7-19H,5-6H2,1-4H3. The molecule has 182 valence electrons. The van der Waals surface area contributed by atoms with E-state index in [9.17, 15) is 0 Å². The van der Waals surface area contributed by atoms with Crippen LogP contribution in [0, 0.1) is 0 Å². The van der Waals surface area contributed by atoms with Crippen LogP contribution in [0.4, 0.5) is 0 Å². The van der Waals surface area contributed by atoms with Crippen molar-refractivity contribution in [3.63, 3.8) is 0 Å². The molecule has 6 heterocycles. The molecule has 0 aliphatic carbocycles. The Labute approximate surface area is 209 Å². The normalized spacial score (nSPS) is 13.8. The van der Waals surface area contributed by atoms with Crippen LogP contribution in [0.15, 0.2) is 62.1 Å². The van der Waals surface area contributed by atoms with E-state index in [0.717, 1.165) is 52.6 Å². The third kappa shape index (κ3) is 4.21. The van der Waals surface area contributed by atoms with Gasteiger partial charge in [0.2, 0.25) is 0 Å². The summed E-state index contributed by atoms with van der Waals surface area (Å²) < 4.78 is 6.08. The van der Waals surface area contributed by atoms with Crippen LogP contribution >= 0.6 is 0 Å². The summed E-state index contributed by atoms with van der Waals surface area (Å²) in [5.74, 6) is 1.66. The summed E-state index contributed by atoms with van der Waals surface area (Å²) in [6.07, 6.45) is 19.2. The van der Waals surface area contributed by atoms with E-state index in [-0.39, 0.29) is 11.8 Å². The minimum Gasteiger partial charge on any atom is -0.304 e. The average Bonchev–Trinajstić information content (AvgIpc) is 3.59. The third-order valence-corrected chi connectivity index (χ3v) is 6.74. The second kappa shape index (κ2) is 8.82. The molecule has 36 heavy (non-hydrogen) atoms.